The number of hydrogen-bond acceptors (Lipinski definition) is 4. The number of aryl methyl sites for hydroxylation is 1. The lowest BCUT2D eigenvalue weighted by molar-refractivity contribution is 0.941. The van der Waals surface area contributed by atoms with Crippen molar-refractivity contribution in [3.8, 4) is 0 Å². The standard InChI is InChI=1S/C9H12ClN3S/c1-6(4-10)5-14-9-12-7(2)3-8(11)13-9/h3-4H,5H2,1-2H3,(H2,11,12,13)/b6-4-. The van der Waals surface area contributed by atoms with Crippen LogP contribution >= 0.6 is 23.4 Å². The summed E-state index contributed by atoms with van der Waals surface area (Å²) in [7, 11) is 0. The monoisotopic (exact) mass is 229 g/mol. The maximum Gasteiger partial charge on any atom is 0.190 e. The van der Waals surface area contributed by atoms with E-state index in [1.165, 1.54) is 11.8 Å². The molecule has 0 spiro atoms. The van der Waals surface area contributed by atoms with Gasteiger partial charge in [0.2, 0.25) is 0 Å². The fourth-order valence-corrected chi connectivity index (χ4v) is 1.83. The van der Waals surface area contributed by atoms with Gasteiger partial charge in [0, 0.05) is 23.0 Å². The zero-order valence-electron chi connectivity index (χ0n) is 8.12. The molecule has 0 saturated heterocycles. The van der Waals surface area contributed by atoms with Crippen LogP contribution < -0.4 is 5.73 Å². The summed E-state index contributed by atoms with van der Waals surface area (Å²) in [5.41, 5.74) is 9.12. The Labute approximate surface area is 92.8 Å². The van der Waals surface area contributed by atoms with Crippen LogP contribution in [0.2, 0.25) is 0 Å². The normalized spacial score (nSPS) is 11.8. The summed E-state index contributed by atoms with van der Waals surface area (Å²) >= 11 is 7.07. The van der Waals surface area contributed by atoms with Crippen molar-refractivity contribution >= 4 is 29.2 Å². The van der Waals surface area contributed by atoms with E-state index in [0.29, 0.717) is 11.0 Å². The molecular formula is C9H12ClN3S. The van der Waals surface area contributed by atoms with Gasteiger partial charge in [-0.2, -0.15) is 0 Å². The van der Waals surface area contributed by atoms with E-state index in [4.69, 9.17) is 17.3 Å². The van der Waals surface area contributed by atoms with Crippen LogP contribution in [0, 0.1) is 6.92 Å². The van der Waals surface area contributed by atoms with Gasteiger partial charge in [0.1, 0.15) is 5.82 Å². The molecule has 0 fully saturated rings. The lowest BCUT2D eigenvalue weighted by Gasteiger charge is -2.02. The first-order valence-electron chi connectivity index (χ1n) is 4.11. The first-order valence-corrected chi connectivity index (χ1v) is 5.54. The van der Waals surface area contributed by atoms with Gasteiger partial charge in [0.05, 0.1) is 0 Å². The molecule has 1 heterocycles. The Morgan fingerprint density at radius 1 is 1.64 bits per heavy atom. The number of nitrogens with two attached hydrogens (primary N) is 1. The maximum atomic E-state index is 5.59. The summed E-state index contributed by atoms with van der Waals surface area (Å²) in [6.07, 6.45) is 0. The number of nitrogen functional groups attached to an aromatic ring is 1. The van der Waals surface area contributed by atoms with Crippen LogP contribution in [0.15, 0.2) is 22.3 Å². The molecule has 5 heteroatoms. The molecule has 0 aliphatic carbocycles. The largest absolute Gasteiger partial charge is 0.384 e. The van der Waals surface area contributed by atoms with Crippen LogP contribution in [0.25, 0.3) is 0 Å². The summed E-state index contributed by atoms with van der Waals surface area (Å²) in [5.74, 6) is 1.29. The van der Waals surface area contributed by atoms with Crippen molar-refractivity contribution in [2.24, 2.45) is 0 Å². The van der Waals surface area contributed by atoms with E-state index in [2.05, 4.69) is 9.97 Å². The Balaban J connectivity index is 2.67. The molecule has 0 amide bonds. The molecule has 76 valence electrons. The third kappa shape index (κ3) is 3.55. The van der Waals surface area contributed by atoms with Crippen LogP contribution in [0.5, 0.6) is 0 Å². The lowest BCUT2D eigenvalue weighted by atomic mass is 10.4. The van der Waals surface area contributed by atoms with Gasteiger partial charge in [-0.1, -0.05) is 28.9 Å². The van der Waals surface area contributed by atoms with Crippen molar-refractivity contribution in [1.82, 2.24) is 9.97 Å². The first kappa shape index (κ1) is 11.3. The molecule has 14 heavy (non-hydrogen) atoms. The third-order valence-corrected chi connectivity index (χ3v) is 2.88. The number of hydrogen-bond donors (Lipinski definition) is 1. The average Bonchev–Trinajstić information content (AvgIpc) is 2.12. The molecule has 0 unspecified atom stereocenters. The number of halogens is 1. The molecule has 3 nitrogen and oxygen atoms in total. The van der Waals surface area contributed by atoms with Gasteiger partial charge in [0.15, 0.2) is 5.16 Å². The van der Waals surface area contributed by atoms with Crippen LogP contribution in [-0.2, 0) is 0 Å². The predicted octanol–water partition coefficient (Wildman–Crippen LogP) is 2.60. The first-order chi connectivity index (χ1) is 6.61. The third-order valence-electron chi connectivity index (χ3n) is 1.47. The van der Waals surface area contributed by atoms with Crippen LogP contribution in [0.3, 0.4) is 0 Å². The van der Waals surface area contributed by atoms with E-state index in [0.717, 1.165) is 17.0 Å². The SMILES string of the molecule is C/C(=C/Cl)CSc1nc(C)cc(N)n1. The zero-order valence-corrected chi connectivity index (χ0v) is 9.69. The molecule has 0 atom stereocenters. The van der Waals surface area contributed by atoms with E-state index in [-0.39, 0.29) is 0 Å². The Kier molecular flexibility index (Phi) is 4.22. The van der Waals surface area contributed by atoms with Crippen LogP contribution in [0.4, 0.5) is 5.82 Å². The van der Waals surface area contributed by atoms with E-state index in [1.807, 2.05) is 13.8 Å². The van der Waals surface area contributed by atoms with Gasteiger partial charge in [-0.3, -0.25) is 0 Å². The van der Waals surface area contributed by atoms with Crippen LogP contribution in [-0.4, -0.2) is 15.7 Å². The molecule has 1 aromatic rings. The Morgan fingerprint density at radius 2 is 2.36 bits per heavy atom. The molecule has 1 aromatic heterocycles. The zero-order chi connectivity index (χ0) is 10.6. The summed E-state index contributed by atoms with van der Waals surface area (Å²) < 4.78 is 0. The summed E-state index contributed by atoms with van der Waals surface area (Å²) in [5, 5.41) is 0.695. The number of thioether (sulfide) groups is 1. The summed E-state index contributed by atoms with van der Waals surface area (Å²) in [6, 6.07) is 1.74. The van der Waals surface area contributed by atoms with Gasteiger partial charge in [-0.15, -0.1) is 0 Å². The molecule has 1 rings (SSSR count). The van der Waals surface area contributed by atoms with E-state index < -0.39 is 0 Å². The second kappa shape index (κ2) is 5.22. The van der Waals surface area contributed by atoms with Gasteiger partial charge in [-0.25, -0.2) is 9.97 Å². The molecule has 0 radical (unpaired) electrons. The fourth-order valence-electron chi connectivity index (χ4n) is 0.839. The smallest absolute Gasteiger partial charge is 0.190 e. The van der Waals surface area contributed by atoms with Gasteiger partial charge in [0.25, 0.3) is 0 Å². The Bertz CT molecular complexity index is 332. The van der Waals surface area contributed by atoms with Gasteiger partial charge in [-0.05, 0) is 13.8 Å². The molecule has 0 aliphatic heterocycles. The minimum absolute atomic E-state index is 0.507. The lowest BCUT2D eigenvalue weighted by Crippen LogP contribution is -1.97. The van der Waals surface area contributed by atoms with E-state index in [9.17, 15) is 0 Å². The molecule has 0 aromatic carbocycles. The number of nitrogens with zero attached hydrogens (tertiary/aromatic N) is 2. The average molecular weight is 230 g/mol. The van der Waals surface area contributed by atoms with Crippen molar-refractivity contribution in [2.45, 2.75) is 19.0 Å². The summed E-state index contributed by atoms with van der Waals surface area (Å²) in [6.45, 7) is 3.85. The van der Waals surface area contributed by atoms with Crippen molar-refractivity contribution in [3.05, 3.63) is 22.9 Å². The van der Waals surface area contributed by atoms with Gasteiger partial charge < -0.3 is 5.73 Å². The fraction of sp³-hybridized carbons (Fsp3) is 0.333. The molecule has 0 bridgehead atoms. The highest BCUT2D eigenvalue weighted by Crippen LogP contribution is 2.18. The number of rotatable bonds is 3. The van der Waals surface area contributed by atoms with Crippen LogP contribution in [0.1, 0.15) is 12.6 Å². The van der Waals surface area contributed by atoms with Crippen molar-refractivity contribution < 1.29 is 0 Å². The minimum Gasteiger partial charge on any atom is -0.384 e. The van der Waals surface area contributed by atoms with E-state index in [1.54, 1.807) is 11.6 Å². The maximum absolute atomic E-state index is 5.59. The van der Waals surface area contributed by atoms with Crippen molar-refractivity contribution in [3.63, 3.8) is 0 Å². The second-order valence-corrected chi connectivity index (χ2v) is 4.12. The number of aromatic nitrogens is 2. The molecular weight excluding hydrogens is 218 g/mol. The van der Waals surface area contributed by atoms with Gasteiger partial charge >= 0.3 is 0 Å². The quantitative estimate of drug-likeness (QED) is 0.640. The van der Waals surface area contributed by atoms with Crippen molar-refractivity contribution in [1.29, 1.82) is 0 Å². The molecule has 0 aliphatic rings. The highest BCUT2D eigenvalue weighted by Gasteiger charge is 2.00. The highest BCUT2D eigenvalue weighted by molar-refractivity contribution is 7.99. The topological polar surface area (TPSA) is 51.8 Å². The predicted molar refractivity (Wildman–Crippen MR) is 61.5 cm³/mol. The molecule has 2 N–H and O–H groups in total. The van der Waals surface area contributed by atoms with E-state index >= 15 is 0 Å². The van der Waals surface area contributed by atoms with Crippen molar-refractivity contribution in [2.75, 3.05) is 11.5 Å². The minimum atomic E-state index is 0.507. The Hall–Kier alpha value is -0.740. The highest BCUT2D eigenvalue weighted by atomic mass is 35.5. The second-order valence-electron chi connectivity index (χ2n) is 2.96. The number of anilines is 1. The molecule has 0 saturated carbocycles. The Morgan fingerprint density at radius 3 is 2.93 bits per heavy atom. The summed E-state index contributed by atoms with van der Waals surface area (Å²) in [4.78, 5) is 8.34.